The number of hydrogen-bond acceptors (Lipinski definition) is 6. The molecule has 2 heterocycles. The zero-order chi connectivity index (χ0) is 12.3. The molecular formula is C11H15N5O. The Morgan fingerprint density at radius 3 is 2.82 bits per heavy atom. The second-order valence-corrected chi connectivity index (χ2v) is 4.14. The fraction of sp³-hybridized carbons (Fsp3) is 0.455. The van der Waals surface area contributed by atoms with Crippen molar-refractivity contribution in [2.24, 2.45) is 11.7 Å². The van der Waals surface area contributed by atoms with Crippen LogP contribution in [-0.2, 0) is 0 Å². The molecule has 2 aromatic rings. The van der Waals surface area contributed by atoms with Crippen LogP contribution in [0.4, 0.5) is 0 Å². The lowest BCUT2D eigenvalue weighted by atomic mass is 9.96. The molecule has 0 aliphatic heterocycles. The predicted octanol–water partition coefficient (Wildman–Crippen LogP) is 1.22. The van der Waals surface area contributed by atoms with Gasteiger partial charge in [-0.1, -0.05) is 19.0 Å². The largest absolute Gasteiger partial charge is 0.339 e. The van der Waals surface area contributed by atoms with Crippen molar-refractivity contribution in [1.29, 1.82) is 0 Å². The van der Waals surface area contributed by atoms with E-state index in [1.54, 1.807) is 12.3 Å². The molecule has 0 bridgehead atoms. The van der Waals surface area contributed by atoms with E-state index in [1.165, 1.54) is 6.33 Å². The van der Waals surface area contributed by atoms with E-state index < -0.39 is 0 Å². The second kappa shape index (κ2) is 5.01. The first-order chi connectivity index (χ1) is 8.22. The fourth-order valence-corrected chi connectivity index (χ4v) is 1.57. The van der Waals surface area contributed by atoms with Crippen molar-refractivity contribution in [1.82, 2.24) is 20.1 Å². The summed E-state index contributed by atoms with van der Waals surface area (Å²) >= 11 is 0. The lowest BCUT2D eigenvalue weighted by Gasteiger charge is -2.13. The van der Waals surface area contributed by atoms with Gasteiger partial charge in [-0.2, -0.15) is 4.98 Å². The van der Waals surface area contributed by atoms with Crippen molar-refractivity contribution in [2.75, 3.05) is 6.54 Å². The van der Waals surface area contributed by atoms with E-state index in [1.807, 2.05) is 0 Å². The van der Waals surface area contributed by atoms with E-state index in [0.717, 1.165) is 0 Å². The van der Waals surface area contributed by atoms with E-state index in [0.29, 0.717) is 29.9 Å². The normalized spacial score (nSPS) is 12.9. The van der Waals surface area contributed by atoms with Crippen molar-refractivity contribution < 1.29 is 4.52 Å². The van der Waals surface area contributed by atoms with E-state index >= 15 is 0 Å². The highest BCUT2D eigenvalue weighted by Gasteiger charge is 2.21. The molecule has 2 aromatic heterocycles. The number of aromatic nitrogens is 4. The number of rotatable bonds is 4. The minimum atomic E-state index is 0.0816. The number of nitrogens with two attached hydrogens (primary N) is 1. The van der Waals surface area contributed by atoms with Gasteiger partial charge in [0.1, 0.15) is 12.0 Å². The average molecular weight is 233 g/mol. The van der Waals surface area contributed by atoms with E-state index in [2.05, 4.69) is 34.0 Å². The topological polar surface area (TPSA) is 90.7 Å². The molecule has 0 aromatic carbocycles. The first kappa shape index (κ1) is 11.7. The first-order valence-corrected chi connectivity index (χ1v) is 5.52. The van der Waals surface area contributed by atoms with Gasteiger partial charge in [-0.3, -0.25) is 0 Å². The second-order valence-electron chi connectivity index (χ2n) is 4.14. The van der Waals surface area contributed by atoms with Gasteiger partial charge in [-0.15, -0.1) is 0 Å². The van der Waals surface area contributed by atoms with E-state index in [-0.39, 0.29) is 5.92 Å². The van der Waals surface area contributed by atoms with Gasteiger partial charge < -0.3 is 10.3 Å². The van der Waals surface area contributed by atoms with Crippen molar-refractivity contribution >= 4 is 0 Å². The Morgan fingerprint density at radius 1 is 1.41 bits per heavy atom. The van der Waals surface area contributed by atoms with Crippen molar-refractivity contribution in [3.63, 3.8) is 0 Å². The number of hydrogen-bond donors (Lipinski definition) is 1. The Labute approximate surface area is 99.3 Å². The molecule has 0 aliphatic carbocycles. The molecule has 0 spiro atoms. The van der Waals surface area contributed by atoms with Gasteiger partial charge in [0, 0.05) is 12.7 Å². The SMILES string of the molecule is CC(C)C(CN)c1nc(-c2ccncn2)no1. The molecule has 2 N–H and O–H groups in total. The molecule has 17 heavy (non-hydrogen) atoms. The summed E-state index contributed by atoms with van der Waals surface area (Å²) in [6, 6.07) is 1.74. The molecule has 1 unspecified atom stereocenters. The third-order valence-electron chi connectivity index (χ3n) is 2.63. The molecule has 6 nitrogen and oxygen atoms in total. The van der Waals surface area contributed by atoms with Gasteiger partial charge in [0.15, 0.2) is 0 Å². The van der Waals surface area contributed by atoms with Gasteiger partial charge >= 0.3 is 0 Å². The highest BCUT2D eigenvalue weighted by atomic mass is 16.5. The lowest BCUT2D eigenvalue weighted by Crippen LogP contribution is -2.18. The van der Waals surface area contributed by atoms with Crippen LogP contribution in [-0.4, -0.2) is 26.7 Å². The zero-order valence-corrected chi connectivity index (χ0v) is 9.87. The van der Waals surface area contributed by atoms with E-state index in [4.69, 9.17) is 10.3 Å². The molecule has 1 atom stereocenters. The third kappa shape index (κ3) is 2.47. The zero-order valence-electron chi connectivity index (χ0n) is 9.87. The minimum absolute atomic E-state index is 0.0816. The monoisotopic (exact) mass is 233 g/mol. The maximum Gasteiger partial charge on any atom is 0.231 e. The third-order valence-corrected chi connectivity index (χ3v) is 2.63. The molecule has 0 saturated heterocycles. The molecule has 0 fully saturated rings. The van der Waals surface area contributed by atoms with Crippen LogP contribution in [0, 0.1) is 5.92 Å². The summed E-state index contributed by atoms with van der Waals surface area (Å²) < 4.78 is 5.23. The van der Waals surface area contributed by atoms with Crippen LogP contribution >= 0.6 is 0 Å². The average Bonchev–Trinajstić information content (AvgIpc) is 2.80. The molecular weight excluding hydrogens is 218 g/mol. The van der Waals surface area contributed by atoms with Crippen molar-refractivity contribution in [3.05, 3.63) is 24.5 Å². The summed E-state index contributed by atoms with van der Waals surface area (Å²) in [6.45, 7) is 4.64. The Morgan fingerprint density at radius 2 is 2.24 bits per heavy atom. The predicted molar refractivity (Wildman–Crippen MR) is 62.0 cm³/mol. The van der Waals surface area contributed by atoms with Gasteiger partial charge in [0.05, 0.1) is 5.92 Å². The van der Waals surface area contributed by atoms with Crippen molar-refractivity contribution in [2.45, 2.75) is 19.8 Å². The Bertz CT molecular complexity index is 468. The van der Waals surface area contributed by atoms with Gasteiger partial charge in [-0.05, 0) is 12.0 Å². The Kier molecular flexibility index (Phi) is 3.43. The summed E-state index contributed by atoms with van der Waals surface area (Å²) in [5.74, 6) is 1.48. The summed E-state index contributed by atoms with van der Waals surface area (Å²) in [7, 11) is 0. The molecule has 0 amide bonds. The van der Waals surface area contributed by atoms with Crippen LogP contribution in [0.1, 0.15) is 25.7 Å². The molecule has 0 aliphatic rings. The quantitative estimate of drug-likeness (QED) is 0.853. The molecule has 0 radical (unpaired) electrons. The highest BCUT2D eigenvalue weighted by molar-refractivity contribution is 5.46. The molecule has 6 heteroatoms. The molecule has 0 saturated carbocycles. The van der Waals surface area contributed by atoms with E-state index in [9.17, 15) is 0 Å². The van der Waals surface area contributed by atoms with Crippen LogP contribution < -0.4 is 5.73 Å². The fourth-order valence-electron chi connectivity index (χ4n) is 1.57. The first-order valence-electron chi connectivity index (χ1n) is 5.52. The smallest absolute Gasteiger partial charge is 0.231 e. The summed E-state index contributed by atoms with van der Waals surface area (Å²) in [6.07, 6.45) is 3.09. The Balaban J connectivity index is 2.27. The summed E-state index contributed by atoms with van der Waals surface area (Å²) in [5.41, 5.74) is 6.35. The molecule has 90 valence electrons. The van der Waals surface area contributed by atoms with Crippen molar-refractivity contribution in [3.8, 4) is 11.5 Å². The molecule has 2 rings (SSSR count). The highest BCUT2D eigenvalue weighted by Crippen LogP contribution is 2.23. The standard InChI is InChI=1S/C11H15N5O/c1-7(2)8(5-12)11-15-10(16-17-11)9-3-4-13-6-14-9/h3-4,6-8H,5,12H2,1-2H3. The maximum atomic E-state index is 5.70. The van der Waals surface area contributed by atoms with Crippen LogP contribution in [0.15, 0.2) is 23.1 Å². The van der Waals surface area contributed by atoms with Crippen LogP contribution in [0.5, 0.6) is 0 Å². The number of nitrogens with zero attached hydrogens (tertiary/aromatic N) is 4. The van der Waals surface area contributed by atoms with Crippen LogP contribution in [0.3, 0.4) is 0 Å². The Hall–Kier alpha value is -1.82. The van der Waals surface area contributed by atoms with Gasteiger partial charge in [0.2, 0.25) is 11.7 Å². The minimum Gasteiger partial charge on any atom is -0.339 e. The van der Waals surface area contributed by atoms with Gasteiger partial charge in [0.25, 0.3) is 0 Å². The summed E-state index contributed by atoms with van der Waals surface area (Å²) in [4.78, 5) is 12.2. The lowest BCUT2D eigenvalue weighted by molar-refractivity contribution is 0.324. The van der Waals surface area contributed by atoms with Crippen LogP contribution in [0.25, 0.3) is 11.5 Å². The summed E-state index contributed by atoms with van der Waals surface area (Å²) in [5, 5.41) is 3.91. The maximum absolute atomic E-state index is 5.70. The van der Waals surface area contributed by atoms with Gasteiger partial charge in [-0.25, -0.2) is 9.97 Å². The van der Waals surface area contributed by atoms with Crippen LogP contribution in [0.2, 0.25) is 0 Å².